The number of rotatable bonds is 10. The number of aromatic nitrogens is 2. The van der Waals surface area contributed by atoms with Crippen LogP contribution in [0.25, 0.3) is 21.8 Å². The minimum atomic E-state index is -0.281. The Morgan fingerprint density at radius 3 is 2.43 bits per heavy atom. The Bertz CT molecular complexity index is 1080. The van der Waals surface area contributed by atoms with E-state index in [0.717, 1.165) is 31.5 Å². The van der Waals surface area contributed by atoms with Crippen molar-refractivity contribution < 1.29 is 18.8 Å². The molecule has 2 aromatic heterocycles. The molecule has 2 aromatic carbocycles. The molecule has 4 rings (SSSR count). The summed E-state index contributed by atoms with van der Waals surface area (Å²) < 4.78 is 17.7. The summed E-state index contributed by atoms with van der Waals surface area (Å²) in [6, 6.07) is 19.1. The molecule has 6 nitrogen and oxygen atoms in total. The molecule has 0 N–H and O–H groups in total. The summed E-state index contributed by atoms with van der Waals surface area (Å²) in [5, 5.41) is 6.74. The van der Waals surface area contributed by atoms with Crippen LogP contribution in [0.15, 0.2) is 59.1 Å². The Labute approximate surface area is 175 Å². The number of carbonyl (C=O) groups is 1. The number of carbonyl (C=O) groups excluding carboxylic acids is 1. The van der Waals surface area contributed by atoms with Gasteiger partial charge < -0.3 is 18.6 Å². The smallest absolute Gasteiger partial charge is 0.307 e. The number of methoxy groups -OCH3 is 1. The van der Waals surface area contributed by atoms with Gasteiger partial charge in [-0.2, -0.15) is 0 Å². The van der Waals surface area contributed by atoms with Crippen LogP contribution in [-0.4, -0.2) is 29.4 Å². The highest BCUT2D eigenvalue weighted by Gasteiger charge is 2.10. The number of nitrogens with zero attached hydrogens (tertiary/aromatic N) is 2. The van der Waals surface area contributed by atoms with Gasteiger partial charge in [-0.15, -0.1) is 0 Å². The summed E-state index contributed by atoms with van der Waals surface area (Å²) in [4.78, 5) is 11.1. The molecule has 0 aliphatic rings. The van der Waals surface area contributed by atoms with Gasteiger partial charge in [-0.25, -0.2) is 0 Å². The van der Waals surface area contributed by atoms with Crippen LogP contribution < -0.4 is 0 Å². The van der Waals surface area contributed by atoms with E-state index < -0.39 is 0 Å². The number of para-hydroxylation sites is 2. The average molecular weight is 406 g/mol. The summed E-state index contributed by atoms with van der Waals surface area (Å²) in [5.41, 5.74) is 3.50. The van der Waals surface area contributed by atoms with Gasteiger partial charge in [0.2, 0.25) is 0 Å². The number of ether oxygens (including phenoxy) is 2. The fourth-order valence-electron chi connectivity index (χ4n) is 3.79. The average Bonchev–Trinajstić information content (AvgIpc) is 3.37. The van der Waals surface area contributed by atoms with E-state index >= 15 is 0 Å². The second-order valence-electron chi connectivity index (χ2n) is 7.31. The second-order valence-corrected chi connectivity index (χ2v) is 7.31. The van der Waals surface area contributed by atoms with E-state index in [4.69, 9.17) is 9.26 Å². The third kappa shape index (κ3) is 4.54. The highest BCUT2D eigenvalue weighted by Crippen LogP contribution is 2.29. The molecule has 156 valence electrons. The van der Waals surface area contributed by atoms with Crippen molar-refractivity contribution in [1.82, 2.24) is 9.72 Å². The van der Waals surface area contributed by atoms with Gasteiger partial charge in [0, 0.05) is 34.4 Å². The van der Waals surface area contributed by atoms with Crippen LogP contribution in [0.3, 0.4) is 0 Å². The van der Waals surface area contributed by atoms with Gasteiger partial charge >= 0.3 is 5.97 Å². The van der Waals surface area contributed by atoms with Gasteiger partial charge in [-0.05, 0) is 31.4 Å². The molecule has 0 aliphatic carbocycles. The minimum Gasteiger partial charge on any atom is -0.469 e. The maximum absolute atomic E-state index is 11.1. The van der Waals surface area contributed by atoms with E-state index in [9.17, 15) is 4.79 Å². The summed E-state index contributed by atoms with van der Waals surface area (Å²) in [6.45, 7) is 1.59. The molecule has 0 fully saturated rings. The Morgan fingerprint density at radius 1 is 1.03 bits per heavy atom. The largest absolute Gasteiger partial charge is 0.469 e. The topological polar surface area (TPSA) is 66.5 Å². The number of hydrogen-bond acceptors (Lipinski definition) is 5. The van der Waals surface area contributed by atoms with E-state index in [1.54, 1.807) is 0 Å². The summed E-state index contributed by atoms with van der Waals surface area (Å²) in [6.07, 6.45) is 3.18. The lowest BCUT2D eigenvalue weighted by atomic mass is 10.2. The van der Waals surface area contributed by atoms with Crippen LogP contribution in [0.2, 0.25) is 0 Å². The van der Waals surface area contributed by atoms with Crippen LogP contribution in [0.4, 0.5) is 0 Å². The highest BCUT2D eigenvalue weighted by atomic mass is 16.5. The molecule has 0 bridgehead atoms. The molecule has 0 saturated heterocycles. The van der Waals surface area contributed by atoms with Gasteiger partial charge in [0.05, 0.1) is 25.8 Å². The van der Waals surface area contributed by atoms with Crippen LogP contribution >= 0.6 is 0 Å². The first-order valence-electron chi connectivity index (χ1n) is 10.3. The Kier molecular flexibility index (Phi) is 6.44. The Morgan fingerprint density at radius 2 is 1.73 bits per heavy atom. The van der Waals surface area contributed by atoms with Crippen LogP contribution in [0.5, 0.6) is 0 Å². The second kappa shape index (κ2) is 9.59. The van der Waals surface area contributed by atoms with E-state index in [2.05, 4.69) is 63.0 Å². The fraction of sp³-hybridized carbons (Fsp3) is 0.333. The van der Waals surface area contributed by atoms with E-state index in [-0.39, 0.29) is 12.4 Å². The Hall–Kier alpha value is -3.12. The Balaban J connectivity index is 1.29. The zero-order valence-electron chi connectivity index (χ0n) is 17.2. The van der Waals surface area contributed by atoms with Gasteiger partial charge in [0.15, 0.2) is 5.76 Å². The number of fused-ring (bicyclic) bond motifs is 3. The molecule has 2 heterocycles. The first-order valence-corrected chi connectivity index (χ1v) is 10.3. The molecule has 30 heavy (non-hydrogen) atoms. The lowest BCUT2D eigenvalue weighted by molar-refractivity contribution is -0.142. The van der Waals surface area contributed by atoms with Crippen molar-refractivity contribution in [3.05, 3.63) is 66.1 Å². The lowest BCUT2D eigenvalue weighted by Gasteiger charge is -2.07. The molecular formula is C24H26N2O4. The van der Waals surface area contributed by atoms with Gasteiger partial charge in [-0.1, -0.05) is 41.6 Å². The van der Waals surface area contributed by atoms with Crippen molar-refractivity contribution in [1.29, 1.82) is 0 Å². The van der Waals surface area contributed by atoms with Crippen molar-refractivity contribution in [2.45, 2.75) is 38.8 Å². The van der Waals surface area contributed by atoms with Crippen molar-refractivity contribution in [2.75, 3.05) is 13.7 Å². The predicted octanol–water partition coefficient (Wildman–Crippen LogP) is 4.89. The van der Waals surface area contributed by atoms with Crippen LogP contribution in [0, 0.1) is 0 Å². The minimum absolute atomic E-state index is 0.236. The summed E-state index contributed by atoms with van der Waals surface area (Å²) >= 11 is 0. The summed E-state index contributed by atoms with van der Waals surface area (Å²) in [5.74, 6) is 0.397. The van der Waals surface area contributed by atoms with Gasteiger partial charge in [0.25, 0.3) is 0 Å². The van der Waals surface area contributed by atoms with Crippen molar-refractivity contribution in [3.63, 3.8) is 0 Å². The number of aryl methyl sites for hydroxylation is 2. The van der Waals surface area contributed by atoms with Crippen molar-refractivity contribution in [3.8, 4) is 0 Å². The standard InChI is InChI=1S/C24H26N2O4/c1-28-24(27)13-15-29-17-19-16-18(25-30-19)8-6-7-14-26-22-11-4-2-9-20(22)21-10-3-5-12-23(21)26/h2-5,9-12,16H,6-8,13-15,17H2,1H3. The van der Waals surface area contributed by atoms with E-state index in [0.29, 0.717) is 19.0 Å². The number of hydrogen-bond donors (Lipinski definition) is 0. The molecular weight excluding hydrogens is 380 g/mol. The van der Waals surface area contributed by atoms with E-state index in [1.165, 1.54) is 28.9 Å². The third-order valence-electron chi connectivity index (χ3n) is 5.27. The maximum atomic E-state index is 11.1. The van der Waals surface area contributed by atoms with Crippen LogP contribution in [0.1, 0.15) is 30.7 Å². The fourth-order valence-corrected chi connectivity index (χ4v) is 3.79. The molecule has 0 saturated carbocycles. The zero-order valence-corrected chi connectivity index (χ0v) is 17.2. The first-order chi connectivity index (χ1) is 14.8. The molecule has 4 aromatic rings. The van der Waals surface area contributed by atoms with E-state index in [1.807, 2.05) is 6.07 Å². The number of benzene rings is 2. The van der Waals surface area contributed by atoms with Crippen LogP contribution in [-0.2, 0) is 33.8 Å². The predicted molar refractivity (Wildman–Crippen MR) is 115 cm³/mol. The molecule has 0 amide bonds. The molecule has 0 atom stereocenters. The van der Waals surface area contributed by atoms with Gasteiger partial charge in [0.1, 0.15) is 6.61 Å². The highest BCUT2D eigenvalue weighted by molar-refractivity contribution is 6.07. The van der Waals surface area contributed by atoms with Crippen molar-refractivity contribution in [2.24, 2.45) is 0 Å². The van der Waals surface area contributed by atoms with Crippen molar-refractivity contribution >= 4 is 27.8 Å². The molecule has 0 unspecified atom stereocenters. The molecule has 6 heteroatoms. The zero-order chi connectivity index (χ0) is 20.8. The van der Waals surface area contributed by atoms with Gasteiger partial charge in [-0.3, -0.25) is 4.79 Å². The molecule has 0 spiro atoms. The number of esters is 1. The monoisotopic (exact) mass is 406 g/mol. The molecule has 0 radical (unpaired) electrons. The normalized spacial score (nSPS) is 11.4. The summed E-state index contributed by atoms with van der Waals surface area (Å²) in [7, 11) is 1.37. The third-order valence-corrected chi connectivity index (χ3v) is 5.27. The molecule has 0 aliphatic heterocycles. The quantitative estimate of drug-likeness (QED) is 0.277. The lowest BCUT2D eigenvalue weighted by Crippen LogP contribution is -2.05. The number of unbranched alkanes of at least 4 members (excludes halogenated alkanes) is 1. The SMILES string of the molecule is COC(=O)CCOCc1cc(CCCCn2c3ccccc3c3ccccc32)no1. The maximum Gasteiger partial charge on any atom is 0.307 e. The first kappa shape index (κ1) is 20.2.